The number of hydrogen-bond donors (Lipinski definition) is 2. The molecule has 2 aliphatic rings. The van der Waals surface area contributed by atoms with Crippen LogP contribution in [0.1, 0.15) is 76.4 Å². The predicted octanol–water partition coefficient (Wildman–Crippen LogP) is 3.03. The number of aromatic nitrogens is 3. The zero-order chi connectivity index (χ0) is 17.5. The number of nitrogens with zero attached hydrogens (tertiary/aromatic N) is 4. The molecule has 2 N–H and O–H groups in total. The molecule has 0 spiro atoms. The minimum atomic E-state index is 0.445. The molecule has 0 aromatic carbocycles. The molecule has 3 rings (SSSR count). The Labute approximate surface area is 151 Å². The first-order chi connectivity index (χ1) is 12.3. The van der Waals surface area contributed by atoms with Crippen molar-refractivity contribution in [2.45, 2.75) is 90.3 Å². The Balaban J connectivity index is 1.42. The van der Waals surface area contributed by atoms with Crippen molar-refractivity contribution in [3.8, 4) is 0 Å². The van der Waals surface area contributed by atoms with Gasteiger partial charge in [0.1, 0.15) is 5.82 Å². The molecule has 1 aromatic heterocycles. The van der Waals surface area contributed by atoms with E-state index in [1.807, 2.05) is 7.05 Å². The van der Waals surface area contributed by atoms with Gasteiger partial charge in [0.15, 0.2) is 11.8 Å². The summed E-state index contributed by atoms with van der Waals surface area (Å²) >= 11 is 0. The largest absolute Gasteiger partial charge is 0.354 e. The topological polar surface area (TPSA) is 67.1 Å². The molecule has 0 radical (unpaired) electrons. The normalized spacial score (nSPS) is 20.2. The van der Waals surface area contributed by atoms with Gasteiger partial charge in [-0.05, 0) is 38.5 Å². The number of guanidine groups is 1. The molecule has 2 heterocycles. The molecule has 6 heteroatoms. The van der Waals surface area contributed by atoms with Crippen molar-refractivity contribution >= 4 is 5.96 Å². The molecule has 6 nitrogen and oxygen atoms in total. The van der Waals surface area contributed by atoms with Crippen LogP contribution >= 0.6 is 0 Å². The molecule has 1 unspecified atom stereocenters. The number of nitrogens with one attached hydrogen (secondary N) is 2. The van der Waals surface area contributed by atoms with Crippen LogP contribution in [0.3, 0.4) is 0 Å². The summed E-state index contributed by atoms with van der Waals surface area (Å²) in [6, 6.07) is 0.445. The average Bonchev–Trinajstić information content (AvgIpc) is 3.07. The van der Waals surface area contributed by atoms with Crippen LogP contribution in [0, 0.1) is 5.92 Å². The number of aliphatic imine (C=N–C) groups is 1. The Hall–Kier alpha value is -1.59. The van der Waals surface area contributed by atoms with Gasteiger partial charge < -0.3 is 15.2 Å². The van der Waals surface area contributed by atoms with Gasteiger partial charge in [-0.3, -0.25) is 4.99 Å². The second-order valence-electron chi connectivity index (χ2n) is 7.69. The van der Waals surface area contributed by atoms with Gasteiger partial charge in [0.2, 0.25) is 0 Å². The highest BCUT2D eigenvalue weighted by atomic mass is 15.3. The average molecular weight is 347 g/mol. The number of rotatable bonds is 6. The van der Waals surface area contributed by atoms with Gasteiger partial charge in [0.25, 0.3) is 0 Å². The van der Waals surface area contributed by atoms with Crippen LogP contribution in [0.4, 0.5) is 0 Å². The van der Waals surface area contributed by atoms with Crippen LogP contribution < -0.4 is 10.6 Å². The molecular formula is C19H34N6. The van der Waals surface area contributed by atoms with Crippen molar-refractivity contribution in [2.24, 2.45) is 10.9 Å². The summed E-state index contributed by atoms with van der Waals surface area (Å²) in [5.74, 6) is 3.96. The van der Waals surface area contributed by atoms with E-state index in [0.29, 0.717) is 12.6 Å². The highest BCUT2D eigenvalue weighted by Gasteiger charge is 2.17. The van der Waals surface area contributed by atoms with Crippen LogP contribution in [0.25, 0.3) is 0 Å². The smallest absolute Gasteiger partial charge is 0.191 e. The summed E-state index contributed by atoms with van der Waals surface area (Å²) in [7, 11) is 1.84. The summed E-state index contributed by atoms with van der Waals surface area (Å²) in [5.41, 5.74) is 0. The van der Waals surface area contributed by atoms with E-state index in [1.165, 1.54) is 57.8 Å². The minimum Gasteiger partial charge on any atom is -0.354 e. The molecule has 0 saturated heterocycles. The molecule has 1 atom stereocenters. The second-order valence-corrected chi connectivity index (χ2v) is 7.69. The molecule has 1 aliphatic carbocycles. The summed E-state index contributed by atoms with van der Waals surface area (Å²) in [4.78, 5) is 4.37. The Kier molecular flexibility index (Phi) is 6.70. The van der Waals surface area contributed by atoms with Crippen molar-refractivity contribution in [3.05, 3.63) is 11.6 Å². The number of aryl methyl sites for hydroxylation is 1. The van der Waals surface area contributed by atoms with E-state index >= 15 is 0 Å². The van der Waals surface area contributed by atoms with Crippen molar-refractivity contribution in [1.82, 2.24) is 25.4 Å². The third-order valence-corrected chi connectivity index (χ3v) is 5.69. The van der Waals surface area contributed by atoms with E-state index in [1.54, 1.807) is 0 Å². The van der Waals surface area contributed by atoms with Gasteiger partial charge >= 0.3 is 0 Å². The van der Waals surface area contributed by atoms with E-state index < -0.39 is 0 Å². The molecule has 25 heavy (non-hydrogen) atoms. The number of fused-ring (bicyclic) bond motifs is 1. The quantitative estimate of drug-likeness (QED) is 0.614. The van der Waals surface area contributed by atoms with Crippen LogP contribution in [0.5, 0.6) is 0 Å². The van der Waals surface area contributed by atoms with E-state index in [-0.39, 0.29) is 0 Å². The molecule has 1 aromatic rings. The molecular weight excluding hydrogens is 312 g/mol. The first kappa shape index (κ1) is 18.2. The summed E-state index contributed by atoms with van der Waals surface area (Å²) in [6.45, 7) is 3.99. The van der Waals surface area contributed by atoms with Crippen molar-refractivity contribution in [3.63, 3.8) is 0 Å². The SMILES string of the molecule is CN=C(NCc1nnc2n1CCCC2)NC(C)CCC1CCCCC1. The molecule has 1 aliphatic heterocycles. The van der Waals surface area contributed by atoms with Crippen molar-refractivity contribution in [1.29, 1.82) is 0 Å². The second kappa shape index (κ2) is 9.20. The van der Waals surface area contributed by atoms with Crippen LogP contribution in [-0.4, -0.2) is 33.8 Å². The lowest BCUT2D eigenvalue weighted by Crippen LogP contribution is -2.42. The lowest BCUT2D eigenvalue weighted by atomic mass is 9.85. The lowest BCUT2D eigenvalue weighted by Gasteiger charge is -2.24. The fourth-order valence-corrected chi connectivity index (χ4v) is 4.12. The summed E-state index contributed by atoms with van der Waals surface area (Å²) in [6.07, 6.45) is 13.2. The van der Waals surface area contributed by atoms with Gasteiger partial charge in [-0.15, -0.1) is 10.2 Å². The fraction of sp³-hybridized carbons (Fsp3) is 0.842. The predicted molar refractivity (Wildman–Crippen MR) is 102 cm³/mol. The molecule has 1 saturated carbocycles. The monoisotopic (exact) mass is 346 g/mol. The van der Waals surface area contributed by atoms with Gasteiger partial charge in [-0.25, -0.2) is 0 Å². The fourth-order valence-electron chi connectivity index (χ4n) is 4.12. The van der Waals surface area contributed by atoms with Gasteiger partial charge in [-0.1, -0.05) is 32.1 Å². The molecule has 0 amide bonds. The van der Waals surface area contributed by atoms with Crippen LogP contribution in [0.15, 0.2) is 4.99 Å². The van der Waals surface area contributed by atoms with Gasteiger partial charge in [-0.2, -0.15) is 0 Å². The molecule has 1 fully saturated rings. The third kappa shape index (κ3) is 5.19. The number of hydrogen-bond acceptors (Lipinski definition) is 3. The molecule has 0 bridgehead atoms. The third-order valence-electron chi connectivity index (χ3n) is 5.69. The maximum atomic E-state index is 4.37. The van der Waals surface area contributed by atoms with Crippen LogP contribution in [-0.2, 0) is 19.5 Å². The van der Waals surface area contributed by atoms with Crippen molar-refractivity contribution in [2.75, 3.05) is 7.05 Å². The first-order valence-corrected chi connectivity index (χ1v) is 10.1. The Morgan fingerprint density at radius 3 is 2.84 bits per heavy atom. The summed E-state index contributed by atoms with van der Waals surface area (Å²) in [5, 5.41) is 15.6. The van der Waals surface area contributed by atoms with Gasteiger partial charge in [0, 0.05) is 26.1 Å². The Morgan fingerprint density at radius 2 is 2.04 bits per heavy atom. The van der Waals surface area contributed by atoms with E-state index in [9.17, 15) is 0 Å². The Bertz CT molecular complexity index is 558. The van der Waals surface area contributed by atoms with Crippen molar-refractivity contribution < 1.29 is 0 Å². The zero-order valence-corrected chi connectivity index (χ0v) is 15.9. The standard InChI is InChI=1S/C19H34N6/c1-15(11-12-16-8-4-3-5-9-16)22-19(20-2)21-14-18-24-23-17-10-6-7-13-25(17)18/h15-16H,3-14H2,1-2H3,(H2,20,21,22). The zero-order valence-electron chi connectivity index (χ0n) is 15.9. The minimum absolute atomic E-state index is 0.445. The highest BCUT2D eigenvalue weighted by Crippen LogP contribution is 2.27. The Morgan fingerprint density at radius 1 is 1.20 bits per heavy atom. The van der Waals surface area contributed by atoms with E-state index in [0.717, 1.165) is 36.5 Å². The first-order valence-electron chi connectivity index (χ1n) is 10.1. The maximum absolute atomic E-state index is 4.37. The van der Waals surface area contributed by atoms with Gasteiger partial charge in [0.05, 0.1) is 6.54 Å². The lowest BCUT2D eigenvalue weighted by molar-refractivity contribution is 0.322. The van der Waals surface area contributed by atoms with E-state index in [2.05, 4.69) is 37.3 Å². The summed E-state index contributed by atoms with van der Waals surface area (Å²) < 4.78 is 2.26. The highest BCUT2D eigenvalue weighted by molar-refractivity contribution is 5.79. The van der Waals surface area contributed by atoms with E-state index in [4.69, 9.17) is 0 Å². The molecule has 140 valence electrons. The van der Waals surface area contributed by atoms with Crippen LogP contribution in [0.2, 0.25) is 0 Å². The maximum Gasteiger partial charge on any atom is 0.191 e.